The van der Waals surface area contributed by atoms with Gasteiger partial charge in [-0.15, -0.1) is 0 Å². The lowest BCUT2D eigenvalue weighted by Gasteiger charge is -2.37. The van der Waals surface area contributed by atoms with E-state index >= 15 is 0 Å². The summed E-state index contributed by atoms with van der Waals surface area (Å²) in [4.78, 5) is 21.5. The van der Waals surface area contributed by atoms with Crippen molar-refractivity contribution in [2.75, 3.05) is 52.5 Å². The maximum absolute atomic E-state index is 12.5. The Kier molecular flexibility index (Phi) is 8.86. The highest BCUT2D eigenvalue weighted by Gasteiger charge is 2.30. The number of amides is 1. The SMILES string of the molecule is CCNC(=NCCCOC1CCCCC1)N1CCN(C(=O)C2CCCO2)CC1. The third-order valence-corrected chi connectivity index (χ3v) is 5.90. The second-order valence-electron chi connectivity index (χ2n) is 8.03. The van der Waals surface area contributed by atoms with Gasteiger partial charge >= 0.3 is 0 Å². The molecule has 2 aliphatic heterocycles. The number of guanidine groups is 1. The van der Waals surface area contributed by atoms with Crippen LogP contribution in [-0.4, -0.2) is 86.4 Å². The number of hydrogen-bond donors (Lipinski definition) is 1. The normalized spacial score (nSPS) is 24.6. The van der Waals surface area contributed by atoms with Gasteiger partial charge in [0.2, 0.25) is 0 Å². The van der Waals surface area contributed by atoms with Gasteiger partial charge in [0.15, 0.2) is 5.96 Å². The highest BCUT2D eigenvalue weighted by Crippen LogP contribution is 2.20. The van der Waals surface area contributed by atoms with Crippen molar-refractivity contribution in [3.05, 3.63) is 0 Å². The minimum Gasteiger partial charge on any atom is -0.378 e. The van der Waals surface area contributed by atoms with Crippen LogP contribution in [0.15, 0.2) is 4.99 Å². The lowest BCUT2D eigenvalue weighted by Crippen LogP contribution is -2.55. The van der Waals surface area contributed by atoms with Crippen molar-refractivity contribution >= 4 is 11.9 Å². The first-order valence-corrected chi connectivity index (χ1v) is 11.3. The zero-order chi connectivity index (χ0) is 19.6. The molecular weight excluding hydrogens is 356 g/mol. The van der Waals surface area contributed by atoms with E-state index in [1.807, 2.05) is 4.90 Å². The largest absolute Gasteiger partial charge is 0.378 e. The Hall–Kier alpha value is -1.34. The van der Waals surface area contributed by atoms with Crippen LogP contribution in [0.1, 0.15) is 58.3 Å². The molecule has 1 atom stereocenters. The first-order valence-electron chi connectivity index (χ1n) is 11.3. The molecule has 1 saturated carbocycles. The van der Waals surface area contributed by atoms with E-state index in [9.17, 15) is 4.79 Å². The lowest BCUT2D eigenvalue weighted by atomic mass is 9.98. The highest BCUT2D eigenvalue weighted by molar-refractivity contribution is 5.82. The molecule has 0 radical (unpaired) electrons. The van der Waals surface area contributed by atoms with Gasteiger partial charge < -0.3 is 24.6 Å². The lowest BCUT2D eigenvalue weighted by molar-refractivity contribution is -0.142. The molecule has 3 rings (SSSR count). The molecule has 1 N–H and O–H groups in total. The number of rotatable bonds is 7. The standard InChI is InChI=1S/C21H38N4O3/c1-2-22-21(23-11-7-17-27-18-8-4-3-5-9-18)25-14-12-24(13-15-25)20(26)19-10-6-16-28-19/h18-19H,2-17H2,1H3,(H,22,23). The molecule has 1 aliphatic carbocycles. The molecule has 0 spiro atoms. The topological polar surface area (TPSA) is 66.4 Å². The zero-order valence-corrected chi connectivity index (χ0v) is 17.5. The summed E-state index contributed by atoms with van der Waals surface area (Å²) in [5.41, 5.74) is 0. The van der Waals surface area contributed by atoms with Gasteiger partial charge in [0.1, 0.15) is 6.10 Å². The number of ether oxygens (including phenoxy) is 2. The molecule has 0 aromatic carbocycles. The average Bonchev–Trinajstić information content (AvgIpc) is 3.28. The van der Waals surface area contributed by atoms with Crippen LogP contribution in [0.5, 0.6) is 0 Å². The summed E-state index contributed by atoms with van der Waals surface area (Å²) in [6.07, 6.45) is 9.53. The van der Waals surface area contributed by atoms with E-state index in [2.05, 4.69) is 17.1 Å². The fourth-order valence-corrected chi connectivity index (χ4v) is 4.27. The van der Waals surface area contributed by atoms with E-state index in [0.717, 1.165) is 77.7 Å². The van der Waals surface area contributed by atoms with Crippen LogP contribution < -0.4 is 5.32 Å². The Morgan fingerprint density at radius 1 is 1.07 bits per heavy atom. The molecule has 160 valence electrons. The van der Waals surface area contributed by atoms with Crippen LogP contribution in [0, 0.1) is 0 Å². The summed E-state index contributed by atoms with van der Waals surface area (Å²) in [7, 11) is 0. The van der Waals surface area contributed by atoms with Crippen molar-refractivity contribution in [1.82, 2.24) is 15.1 Å². The van der Waals surface area contributed by atoms with E-state index in [0.29, 0.717) is 6.10 Å². The van der Waals surface area contributed by atoms with Crippen LogP contribution in [0.2, 0.25) is 0 Å². The molecule has 0 bridgehead atoms. The summed E-state index contributed by atoms with van der Waals surface area (Å²) in [5.74, 6) is 1.13. The first kappa shape index (κ1) is 21.4. The van der Waals surface area contributed by atoms with Gasteiger partial charge in [0.05, 0.1) is 6.10 Å². The van der Waals surface area contributed by atoms with Crippen LogP contribution in [-0.2, 0) is 14.3 Å². The maximum atomic E-state index is 12.5. The van der Waals surface area contributed by atoms with Gasteiger partial charge in [-0.2, -0.15) is 0 Å². The number of carbonyl (C=O) groups excluding carboxylic acids is 1. The summed E-state index contributed by atoms with van der Waals surface area (Å²) < 4.78 is 11.5. The highest BCUT2D eigenvalue weighted by atomic mass is 16.5. The molecule has 2 saturated heterocycles. The van der Waals surface area contributed by atoms with Gasteiger partial charge in [-0.05, 0) is 39.0 Å². The second-order valence-corrected chi connectivity index (χ2v) is 8.03. The van der Waals surface area contributed by atoms with Crippen LogP contribution in [0.4, 0.5) is 0 Å². The van der Waals surface area contributed by atoms with Gasteiger partial charge in [-0.1, -0.05) is 19.3 Å². The Bertz CT molecular complexity index is 494. The number of carbonyl (C=O) groups is 1. The fraction of sp³-hybridized carbons (Fsp3) is 0.905. The van der Waals surface area contributed by atoms with Gasteiger partial charge in [-0.25, -0.2) is 0 Å². The van der Waals surface area contributed by atoms with Crippen LogP contribution in [0.25, 0.3) is 0 Å². The number of aliphatic imine (C=N–C) groups is 1. The Balaban J connectivity index is 1.38. The summed E-state index contributed by atoms with van der Waals surface area (Å²) in [6.45, 7) is 8.39. The summed E-state index contributed by atoms with van der Waals surface area (Å²) in [6, 6.07) is 0. The molecule has 7 nitrogen and oxygen atoms in total. The van der Waals surface area contributed by atoms with Crippen molar-refractivity contribution in [3.63, 3.8) is 0 Å². The number of nitrogens with zero attached hydrogens (tertiary/aromatic N) is 3. The molecule has 0 aromatic heterocycles. The molecular formula is C21H38N4O3. The number of hydrogen-bond acceptors (Lipinski definition) is 4. The minimum atomic E-state index is -0.211. The summed E-state index contributed by atoms with van der Waals surface area (Å²) >= 11 is 0. The Morgan fingerprint density at radius 3 is 2.50 bits per heavy atom. The molecule has 28 heavy (non-hydrogen) atoms. The third kappa shape index (κ3) is 6.34. The predicted molar refractivity (Wildman–Crippen MR) is 111 cm³/mol. The van der Waals surface area contributed by atoms with E-state index < -0.39 is 0 Å². The minimum absolute atomic E-state index is 0.166. The van der Waals surface area contributed by atoms with E-state index in [1.54, 1.807) is 0 Å². The zero-order valence-electron chi connectivity index (χ0n) is 17.5. The number of nitrogens with one attached hydrogen (secondary N) is 1. The quantitative estimate of drug-likeness (QED) is 0.407. The maximum Gasteiger partial charge on any atom is 0.251 e. The Labute approximate surface area is 169 Å². The third-order valence-electron chi connectivity index (χ3n) is 5.90. The molecule has 3 aliphatic rings. The first-order chi connectivity index (χ1) is 13.8. The van der Waals surface area contributed by atoms with Crippen LogP contribution >= 0.6 is 0 Å². The number of piperazine rings is 1. The average molecular weight is 395 g/mol. The Morgan fingerprint density at radius 2 is 1.82 bits per heavy atom. The van der Waals surface area contributed by atoms with Crippen molar-refractivity contribution in [1.29, 1.82) is 0 Å². The van der Waals surface area contributed by atoms with Gasteiger partial charge in [0, 0.05) is 52.5 Å². The summed E-state index contributed by atoms with van der Waals surface area (Å²) in [5, 5.41) is 3.40. The molecule has 1 unspecified atom stereocenters. The smallest absolute Gasteiger partial charge is 0.251 e. The molecule has 0 aromatic rings. The fourth-order valence-electron chi connectivity index (χ4n) is 4.27. The monoisotopic (exact) mass is 394 g/mol. The van der Waals surface area contributed by atoms with Crippen molar-refractivity contribution in [2.45, 2.75) is 70.5 Å². The molecule has 3 fully saturated rings. The molecule has 2 heterocycles. The molecule has 7 heteroatoms. The second kappa shape index (κ2) is 11.6. The van der Waals surface area contributed by atoms with Crippen molar-refractivity contribution in [2.24, 2.45) is 4.99 Å². The van der Waals surface area contributed by atoms with Crippen molar-refractivity contribution in [3.8, 4) is 0 Å². The van der Waals surface area contributed by atoms with E-state index in [-0.39, 0.29) is 12.0 Å². The van der Waals surface area contributed by atoms with Crippen molar-refractivity contribution < 1.29 is 14.3 Å². The van der Waals surface area contributed by atoms with E-state index in [1.165, 1.54) is 32.1 Å². The van der Waals surface area contributed by atoms with Gasteiger partial charge in [-0.3, -0.25) is 9.79 Å². The van der Waals surface area contributed by atoms with Crippen LogP contribution in [0.3, 0.4) is 0 Å². The van der Waals surface area contributed by atoms with Gasteiger partial charge in [0.25, 0.3) is 5.91 Å². The van der Waals surface area contributed by atoms with E-state index in [4.69, 9.17) is 14.5 Å². The predicted octanol–water partition coefficient (Wildman–Crippen LogP) is 2.01. The molecule has 1 amide bonds.